The molecule has 0 bridgehead atoms. The van der Waals surface area contributed by atoms with Gasteiger partial charge in [0.25, 0.3) is 0 Å². The Morgan fingerprint density at radius 2 is 1.45 bits per heavy atom. The van der Waals surface area contributed by atoms with Gasteiger partial charge in [0.1, 0.15) is 11.6 Å². The minimum absolute atomic E-state index is 0.0417. The summed E-state index contributed by atoms with van der Waals surface area (Å²) in [5.74, 6) is -0.0524. The monoisotopic (exact) mass is 343 g/mol. The van der Waals surface area contributed by atoms with Crippen LogP contribution in [0.1, 0.15) is 6.42 Å². The summed E-state index contributed by atoms with van der Waals surface area (Å²) in [6, 6.07) is 10.8. The van der Waals surface area contributed by atoms with Crippen molar-refractivity contribution in [3.05, 3.63) is 60.2 Å². The molecule has 1 N–H and O–H groups in total. The molecule has 3 nitrogen and oxygen atoms in total. The SMILES string of the molecule is O=S(=O)(NCCCSc1ccc(F)cc1)c1ccc(F)cc1. The Kier molecular flexibility index (Phi) is 5.93. The molecule has 0 aliphatic rings. The topological polar surface area (TPSA) is 46.2 Å². The molecule has 0 unspecified atom stereocenters. The lowest BCUT2D eigenvalue weighted by molar-refractivity contribution is 0.580. The summed E-state index contributed by atoms with van der Waals surface area (Å²) >= 11 is 1.53. The van der Waals surface area contributed by atoms with Crippen molar-refractivity contribution in [1.82, 2.24) is 4.72 Å². The van der Waals surface area contributed by atoms with E-state index < -0.39 is 15.8 Å². The molecular formula is C15H15F2NO2S2. The molecule has 118 valence electrons. The van der Waals surface area contributed by atoms with E-state index in [0.29, 0.717) is 12.2 Å². The molecule has 2 aromatic carbocycles. The second-order valence-corrected chi connectivity index (χ2v) is 7.44. The Hall–Kier alpha value is -1.44. The molecule has 0 saturated carbocycles. The molecule has 0 atom stereocenters. The number of halogens is 2. The average Bonchev–Trinajstić information content (AvgIpc) is 2.49. The highest BCUT2D eigenvalue weighted by atomic mass is 32.2. The summed E-state index contributed by atoms with van der Waals surface area (Å²) in [4.78, 5) is 0.975. The number of benzene rings is 2. The van der Waals surface area contributed by atoms with E-state index in [1.807, 2.05) is 0 Å². The fourth-order valence-electron chi connectivity index (χ4n) is 1.70. The summed E-state index contributed by atoms with van der Waals surface area (Å²) < 4.78 is 51.8. The molecule has 0 spiro atoms. The highest BCUT2D eigenvalue weighted by Gasteiger charge is 2.12. The van der Waals surface area contributed by atoms with Crippen LogP contribution in [0.15, 0.2) is 58.3 Å². The van der Waals surface area contributed by atoms with Crippen LogP contribution >= 0.6 is 11.8 Å². The summed E-state index contributed by atoms with van der Waals surface area (Å²) in [5.41, 5.74) is 0. The molecule has 0 aromatic heterocycles. The van der Waals surface area contributed by atoms with E-state index >= 15 is 0 Å². The van der Waals surface area contributed by atoms with Crippen molar-refractivity contribution in [1.29, 1.82) is 0 Å². The molecule has 0 radical (unpaired) electrons. The van der Waals surface area contributed by atoms with Crippen LogP contribution in [0.4, 0.5) is 8.78 Å². The van der Waals surface area contributed by atoms with Gasteiger partial charge in [0.15, 0.2) is 0 Å². The molecule has 7 heteroatoms. The Morgan fingerprint density at radius 1 is 0.909 bits per heavy atom. The number of nitrogens with one attached hydrogen (secondary N) is 1. The van der Waals surface area contributed by atoms with Gasteiger partial charge >= 0.3 is 0 Å². The van der Waals surface area contributed by atoms with Crippen molar-refractivity contribution in [2.45, 2.75) is 16.2 Å². The first-order valence-corrected chi connectivity index (χ1v) is 9.08. The number of sulfonamides is 1. The zero-order valence-corrected chi connectivity index (χ0v) is 13.3. The van der Waals surface area contributed by atoms with Crippen LogP contribution in [0.2, 0.25) is 0 Å². The third kappa shape index (κ3) is 5.08. The Morgan fingerprint density at radius 3 is 2.05 bits per heavy atom. The van der Waals surface area contributed by atoms with Crippen molar-refractivity contribution in [2.24, 2.45) is 0 Å². The summed E-state index contributed by atoms with van der Waals surface area (Å²) in [6.07, 6.45) is 0.627. The van der Waals surface area contributed by atoms with Gasteiger partial charge in [-0.3, -0.25) is 0 Å². The summed E-state index contributed by atoms with van der Waals surface area (Å²) in [5, 5.41) is 0. The fourth-order valence-corrected chi connectivity index (χ4v) is 3.62. The van der Waals surface area contributed by atoms with Crippen molar-refractivity contribution >= 4 is 21.8 Å². The third-order valence-electron chi connectivity index (χ3n) is 2.82. The largest absolute Gasteiger partial charge is 0.240 e. The van der Waals surface area contributed by atoms with Crippen molar-refractivity contribution in [3.8, 4) is 0 Å². The molecule has 0 aliphatic carbocycles. The highest BCUT2D eigenvalue weighted by molar-refractivity contribution is 7.99. The molecule has 0 fully saturated rings. The Balaban J connectivity index is 1.76. The van der Waals surface area contributed by atoms with Crippen LogP contribution in [-0.2, 0) is 10.0 Å². The van der Waals surface area contributed by atoms with E-state index in [4.69, 9.17) is 0 Å². The van der Waals surface area contributed by atoms with Gasteiger partial charge in [-0.05, 0) is 60.7 Å². The molecule has 0 amide bonds. The first-order chi connectivity index (χ1) is 10.5. The third-order valence-corrected chi connectivity index (χ3v) is 5.39. The van der Waals surface area contributed by atoms with E-state index in [9.17, 15) is 17.2 Å². The van der Waals surface area contributed by atoms with Crippen molar-refractivity contribution in [2.75, 3.05) is 12.3 Å². The van der Waals surface area contributed by atoms with Crippen LogP contribution < -0.4 is 4.72 Å². The van der Waals surface area contributed by atoms with Gasteiger partial charge in [-0.15, -0.1) is 11.8 Å². The maximum absolute atomic E-state index is 12.8. The predicted octanol–water partition coefficient (Wildman–Crippen LogP) is 3.43. The first-order valence-electron chi connectivity index (χ1n) is 6.61. The van der Waals surface area contributed by atoms with Gasteiger partial charge < -0.3 is 0 Å². The van der Waals surface area contributed by atoms with Gasteiger partial charge in [0.05, 0.1) is 4.90 Å². The quantitative estimate of drug-likeness (QED) is 0.619. The zero-order valence-electron chi connectivity index (χ0n) is 11.6. The van der Waals surface area contributed by atoms with Crippen molar-refractivity contribution < 1.29 is 17.2 Å². The Labute approximate surface area is 132 Å². The lowest BCUT2D eigenvalue weighted by Gasteiger charge is -2.06. The molecule has 2 aromatic rings. The standard InChI is InChI=1S/C15H15F2NO2S2/c16-12-2-6-14(7-3-12)21-11-1-10-18-22(19,20)15-8-4-13(17)5-9-15/h2-9,18H,1,10-11H2. The van der Waals surface area contributed by atoms with Crippen LogP contribution in [0, 0.1) is 11.6 Å². The van der Waals surface area contributed by atoms with Gasteiger partial charge in [-0.2, -0.15) is 0 Å². The normalized spacial score (nSPS) is 11.5. The van der Waals surface area contributed by atoms with Crippen LogP contribution in [-0.4, -0.2) is 20.7 Å². The van der Waals surface area contributed by atoms with E-state index in [-0.39, 0.29) is 17.3 Å². The van der Waals surface area contributed by atoms with E-state index in [1.165, 1.54) is 36.0 Å². The maximum atomic E-state index is 12.8. The van der Waals surface area contributed by atoms with Crippen LogP contribution in [0.5, 0.6) is 0 Å². The number of hydrogen-bond acceptors (Lipinski definition) is 3. The summed E-state index contributed by atoms with van der Waals surface area (Å²) in [6.45, 7) is 0.286. The molecule has 0 aliphatic heterocycles. The van der Waals surface area contributed by atoms with Gasteiger partial charge in [-0.1, -0.05) is 0 Å². The summed E-state index contributed by atoms with van der Waals surface area (Å²) in [7, 11) is -3.60. The van der Waals surface area contributed by atoms with E-state index in [2.05, 4.69) is 4.72 Å². The second kappa shape index (κ2) is 7.71. The molecule has 22 heavy (non-hydrogen) atoms. The minimum Gasteiger partial charge on any atom is -0.211 e. The number of rotatable bonds is 7. The first kappa shape index (κ1) is 16.9. The number of thioether (sulfide) groups is 1. The van der Waals surface area contributed by atoms with E-state index in [1.54, 1.807) is 12.1 Å². The second-order valence-electron chi connectivity index (χ2n) is 4.51. The van der Waals surface area contributed by atoms with Crippen LogP contribution in [0.3, 0.4) is 0 Å². The molecular weight excluding hydrogens is 328 g/mol. The Bertz CT molecular complexity index is 701. The van der Waals surface area contributed by atoms with Crippen molar-refractivity contribution in [3.63, 3.8) is 0 Å². The molecule has 0 heterocycles. The smallest absolute Gasteiger partial charge is 0.211 e. The fraction of sp³-hybridized carbons (Fsp3) is 0.200. The lowest BCUT2D eigenvalue weighted by Crippen LogP contribution is -2.25. The number of hydrogen-bond donors (Lipinski definition) is 1. The van der Waals surface area contributed by atoms with Gasteiger partial charge in [0.2, 0.25) is 10.0 Å². The maximum Gasteiger partial charge on any atom is 0.240 e. The molecule has 2 rings (SSSR count). The lowest BCUT2D eigenvalue weighted by atomic mass is 10.4. The highest BCUT2D eigenvalue weighted by Crippen LogP contribution is 2.18. The predicted molar refractivity (Wildman–Crippen MR) is 83.3 cm³/mol. The van der Waals surface area contributed by atoms with E-state index in [0.717, 1.165) is 17.0 Å². The molecule has 0 saturated heterocycles. The minimum atomic E-state index is -3.60. The van der Waals surface area contributed by atoms with Gasteiger partial charge in [-0.25, -0.2) is 21.9 Å². The van der Waals surface area contributed by atoms with Gasteiger partial charge in [0, 0.05) is 11.4 Å². The zero-order chi connectivity index (χ0) is 16.0. The average molecular weight is 343 g/mol. The van der Waals surface area contributed by atoms with Crippen LogP contribution in [0.25, 0.3) is 0 Å².